The minimum atomic E-state index is 1.10. The fourth-order valence-corrected chi connectivity index (χ4v) is 7.41. The first kappa shape index (κ1) is 28.8. The van der Waals surface area contributed by atoms with Crippen LogP contribution >= 0.6 is 0 Å². The predicted molar refractivity (Wildman–Crippen MR) is 209 cm³/mol. The maximum absolute atomic E-state index is 2.44. The highest BCUT2D eigenvalue weighted by molar-refractivity contribution is 6.10. The van der Waals surface area contributed by atoms with Gasteiger partial charge in [0.15, 0.2) is 0 Å². The van der Waals surface area contributed by atoms with Crippen molar-refractivity contribution in [1.29, 1.82) is 0 Å². The molecule has 0 amide bonds. The van der Waals surface area contributed by atoms with Crippen LogP contribution in [0.4, 0.5) is 17.1 Å². The number of benzene rings is 8. The third-order valence-electron chi connectivity index (χ3n) is 9.63. The van der Waals surface area contributed by atoms with E-state index in [0.29, 0.717) is 0 Å². The summed E-state index contributed by atoms with van der Waals surface area (Å²) < 4.78 is 2.44. The van der Waals surface area contributed by atoms with Gasteiger partial charge in [0, 0.05) is 33.0 Å². The van der Waals surface area contributed by atoms with Gasteiger partial charge in [0.1, 0.15) is 0 Å². The summed E-state index contributed by atoms with van der Waals surface area (Å²) in [6, 6.07) is 68.1. The van der Waals surface area contributed by atoms with Crippen LogP contribution in [0, 0.1) is 6.92 Å². The van der Waals surface area contributed by atoms with E-state index < -0.39 is 0 Å². The van der Waals surface area contributed by atoms with E-state index in [9.17, 15) is 0 Å². The molecule has 8 aromatic carbocycles. The third kappa shape index (κ3) is 4.97. The molecular formula is C47H34N2. The van der Waals surface area contributed by atoms with Gasteiger partial charge in [-0.15, -0.1) is 0 Å². The van der Waals surface area contributed by atoms with Crippen LogP contribution in [0.2, 0.25) is 0 Å². The molecule has 0 spiro atoms. The van der Waals surface area contributed by atoms with Crippen molar-refractivity contribution in [2.24, 2.45) is 0 Å². The molecule has 1 heterocycles. The lowest BCUT2D eigenvalue weighted by atomic mass is 9.99. The lowest BCUT2D eigenvalue weighted by Gasteiger charge is -2.29. The van der Waals surface area contributed by atoms with Crippen LogP contribution in [0.25, 0.3) is 60.5 Å². The molecule has 0 N–H and O–H groups in total. The maximum atomic E-state index is 2.44. The molecule has 9 aromatic rings. The number of aromatic nitrogens is 1. The largest absolute Gasteiger partial charge is 0.309 e. The molecular weight excluding hydrogens is 593 g/mol. The van der Waals surface area contributed by atoms with Crippen LogP contribution in [-0.2, 0) is 0 Å². The molecule has 0 saturated heterocycles. The molecule has 2 heteroatoms. The number of nitrogens with zero attached hydrogens (tertiary/aromatic N) is 2. The van der Waals surface area contributed by atoms with Crippen LogP contribution in [0.1, 0.15) is 5.56 Å². The molecule has 0 aliphatic rings. The predicted octanol–water partition coefficient (Wildman–Crippen LogP) is 13.0. The van der Waals surface area contributed by atoms with E-state index in [4.69, 9.17) is 0 Å². The lowest BCUT2D eigenvalue weighted by Crippen LogP contribution is -2.12. The molecule has 9 rings (SSSR count). The number of hydrogen-bond acceptors (Lipinski definition) is 1. The van der Waals surface area contributed by atoms with E-state index in [1.807, 2.05) is 0 Å². The van der Waals surface area contributed by atoms with Crippen molar-refractivity contribution >= 4 is 49.6 Å². The summed E-state index contributed by atoms with van der Waals surface area (Å²) in [5.41, 5.74) is 12.9. The Balaban J connectivity index is 1.28. The van der Waals surface area contributed by atoms with Gasteiger partial charge in [-0.25, -0.2) is 0 Å². The molecule has 0 fully saturated rings. The lowest BCUT2D eigenvalue weighted by molar-refractivity contribution is 1.18. The van der Waals surface area contributed by atoms with Crippen molar-refractivity contribution in [3.8, 4) is 27.9 Å². The van der Waals surface area contributed by atoms with Crippen molar-refractivity contribution < 1.29 is 0 Å². The highest BCUT2D eigenvalue weighted by Gasteiger charge is 2.21. The van der Waals surface area contributed by atoms with Crippen molar-refractivity contribution in [2.45, 2.75) is 6.92 Å². The molecule has 0 atom stereocenters. The Morgan fingerprint density at radius 3 is 1.94 bits per heavy atom. The number of hydrogen-bond donors (Lipinski definition) is 0. The average molecular weight is 627 g/mol. The Morgan fingerprint density at radius 2 is 1.04 bits per heavy atom. The highest BCUT2D eigenvalue weighted by Crippen LogP contribution is 2.45. The topological polar surface area (TPSA) is 8.17 Å². The van der Waals surface area contributed by atoms with Crippen LogP contribution in [-0.4, -0.2) is 4.57 Å². The quantitative estimate of drug-likeness (QED) is 0.178. The van der Waals surface area contributed by atoms with Gasteiger partial charge in [-0.1, -0.05) is 146 Å². The molecule has 1 aromatic heterocycles. The van der Waals surface area contributed by atoms with Crippen LogP contribution < -0.4 is 4.90 Å². The number of aryl methyl sites for hydroxylation is 1. The molecule has 0 unspecified atom stereocenters. The zero-order chi connectivity index (χ0) is 32.7. The first-order valence-electron chi connectivity index (χ1n) is 16.9. The Kier molecular flexibility index (Phi) is 7.06. The smallest absolute Gasteiger partial charge is 0.0543 e. The van der Waals surface area contributed by atoms with Crippen molar-refractivity contribution in [3.05, 3.63) is 194 Å². The second-order valence-electron chi connectivity index (χ2n) is 12.7. The molecule has 2 nitrogen and oxygen atoms in total. The molecule has 0 aliphatic heterocycles. The average Bonchev–Trinajstić information content (AvgIpc) is 3.49. The monoisotopic (exact) mass is 626 g/mol. The normalized spacial score (nSPS) is 11.4. The maximum Gasteiger partial charge on any atom is 0.0543 e. The molecule has 0 aliphatic carbocycles. The van der Waals surface area contributed by atoms with Gasteiger partial charge in [-0.05, 0) is 71.5 Å². The summed E-state index contributed by atoms with van der Waals surface area (Å²) >= 11 is 0. The summed E-state index contributed by atoms with van der Waals surface area (Å²) in [6.07, 6.45) is 0. The molecule has 232 valence electrons. The van der Waals surface area contributed by atoms with Gasteiger partial charge in [0.25, 0.3) is 0 Å². The van der Waals surface area contributed by atoms with Gasteiger partial charge in [-0.2, -0.15) is 0 Å². The molecule has 0 radical (unpaired) electrons. The van der Waals surface area contributed by atoms with Gasteiger partial charge < -0.3 is 9.47 Å². The van der Waals surface area contributed by atoms with Crippen LogP contribution in [0.5, 0.6) is 0 Å². The number of anilines is 3. The van der Waals surface area contributed by atoms with Gasteiger partial charge in [0.05, 0.1) is 28.1 Å². The van der Waals surface area contributed by atoms with Crippen LogP contribution in [0.3, 0.4) is 0 Å². The minimum Gasteiger partial charge on any atom is -0.309 e. The van der Waals surface area contributed by atoms with Gasteiger partial charge >= 0.3 is 0 Å². The van der Waals surface area contributed by atoms with Crippen molar-refractivity contribution in [1.82, 2.24) is 4.57 Å². The van der Waals surface area contributed by atoms with E-state index >= 15 is 0 Å². The summed E-state index contributed by atoms with van der Waals surface area (Å²) in [7, 11) is 0. The van der Waals surface area contributed by atoms with E-state index in [0.717, 1.165) is 28.3 Å². The third-order valence-corrected chi connectivity index (χ3v) is 9.63. The van der Waals surface area contributed by atoms with Crippen LogP contribution in [0.15, 0.2) is 188 Å². The van der Waals surface area contributed by atoms with Crippen molar-refractivity contribution in [2.75, 3.05) is 4.90 Å². The van der Waals surface area contributed by atoms with Gasteiger partial charge in [0.2, 0.25) is 0 Å². The summed E-state index contributed by atoms with van der Waals surface area (Å²) in [5, 5.41) is 4.95. The fraction of sp³-hybridized carbons (Fsp3) is 0.0213. The molecule has 0 saturated carbocycles. The Bertz CT molecular complexity index is 2620. The van der Waals surface area contributed by atoms with Crippen molar-refractivity contribution in [3.63, 3.8) is 0 Å². The van der Waals surface area contributed by atoms with E-state index in [2.05, 4.69) is 204 Å². The second kappa shape index (κ2) is 12.0. The first-order valence-corrected chi connectivity index (χ1v) is 16.9. The zero-order valence-electron chi connectivity index (χ0n) is 27.3. The SMILES string of the molecule is Cc1ccc2c3ccccc3n(-c3ccccc3-c3cccc(N(c4ccccc4-c4ccccc4)c4cccc5ccccc45)c3)c2c1. The number of rotatable bonds is 6. The summed E-state index contributed by atoms with van der Waals surface area (Å²) in [5.74, 6) is 0. The zero-order valence-corrected chi connectivity index (χ0v) is 27.3. The van der Waals surface area contributed by atoms with E-state index in [-0.39, 0.29) is 0 Å². The number of para-hydroxylation sites is 3. The molecule has 0 bridgehead atoms. The first-order chi connectivity index (χ1) is 24.2. The van der Waals surface area contributed by atoms with Gasteiger partial charge in [-0.3, -0.25) is 0 Å². The summed E-state index contributed by atoms with van der Waals surface area (Å²) in [6.45, 7) is 2.17. The Morgan fingerprint density at radius 1 is 0.408 bits per heavy atom. The molecule has 49 heavy (non-hydrogen) atoms. The Labute approximate surface area is 286 Å². The standard InChI is InChI=1S/C47H34N2/c1-33-29-30-42-41-24-9-12-27-46(41)49(47(42)31-33)45-26-11-8-23-40(45)36-19-13-20-37(32-36)48(44-28-14-18-35-17-5-6-21-39(35)44)43-25-10-7-22-38(43)34-15-3-2-4-16-34/h2-32H,1H3. The van der Waals surface area contributed by atoms with E-state index in [1.165, 1.54) is 54.8 Å². The van der Waals surface area contributed by atoms with E-state index in [1.54, 1.807) is 0 Å². The second-order valence-corrected chi connectivity index (χ2v) is 12.7. The highest BCUT2D eigenvalue weighted by atomic mass is 15.1. The Hall–Kier alpha value is -6.38. The summed E-state index contributed by atoms with van der Waals surface area (Å²) in [4.78, 5) is 2.43. The number of fused-ring (bicyclic) bond motifs is 4. The minimum absolute atomic E-state index is 1.10. The fourth-order valence-electron chi connectivity index (χ4n) is 7.41.